The summed E-state index contributed by atoms with van der Waals surface area (Å²) in [4.78, 5) is 18.9. The predicted octanol–water partition coefficient (Wildman–Crippen LogP) is 1.19. The lowest BCUT2D eigenvalue weighted by atomic mass is 10.2. The highest BCUT2D eigenvalue weighted by Crippen LogP contribution is 2.05. The zero-order chi connectivity index (χ0) is 15.3. The molecule has 0 aliphatic rings. The normalized spacial score (nSPS) is 11.9. The molecule has 1 aromatic carbocycles. The minimum absolute atomic E-state index is 0.130. The standard InChI is InChI=1S/C14H19N3O3S/c1-2-3-10-21(19,20)15-9-8-13-16-12-7-5-4-6-11(12)14(18)17-13/h4-7,15H,2-3,8-10H2,1H3,(H,16,17,18). The summed E-state index contributed by atoms with van der Waals surface area (Å²) in [6, 6.07) is 7.06. The monoisotopic (exact) mass is 309 g/mol. The number of hydrogen-bond donors (Lipinski definition) is 2. The Balaban J connectivity index is 2.03. The molecule has 0 aliphatic heterocycles. The number of nitrogens with zero attached hydrogens (tertiary/aromatic N) is 1. The van der Waals surface area contributed by atoms with Gasteiger partial charge in [-0.05, 0) is 18.6 Å². The van der Waals surface area contributed by atoms with E-state index >= 15 is 0 Å². The van der Waals surface area contributed by atoms with Crippen LogP contribution in [0.5, 0.6) is 0 Å². The third-order valence-corrected chi connectivity index (χ3v) is 4.58. The molecule has 114 valence electrons. The van der Waals surface area contributed by atoms with Crippen LogP contribution in [0.15, 0.2) is 29.1 Å². The van der Waals surface area contributed by atoms with Crippen molar-refractivity contribution in [1.29, 1.82) is 0 Å². The Morgan fingerprint density at radius 3 is 2.81 bits per heavy atom. The van der Waals surface area contributed by atoms with Crippen molar-refractivity contribution < 1.29 is 8.42 Å². The van der Waals surface area contributed by atoms with Crippen LogP contribution in [0.25, 0.3) is 10.9 Å². The van der Waals surface area contributed by atoms with Crippen LogP contribution in [0.3, 0.4) is 0 Å². The summed E-state index contributed by atoms with van der Waals surface area (Å²) in [5.74, 6) is 0.613. The molecular formula is C14H19N3O3S. The van der Waals surface area contributed by atoms with Crippen molar-refractivity contribution in [3.63, 3.8) is 0 Å². The van der Waals surface area contributed by atoms with E-state index < -0.39 is 10.0 Å². The number of hydrogen-bond acceptors (Lipinski definition) is 4. The van der Waals surface area contributed by atoms with Gasteiger partial charge in [-0.2, -0.15) is 0 Å². The fraction of sp³-hybridized carbons (Fsp3) is 0.429. The Morgan fingerprint density at radius 2 is 2.05 bits per heavy atom. The van der Waals surface area contributed by atoms with Crippen molar-refractivity contribution in [3.8, 4) is 0 Å². The van der Waals surface area contributed by atoms with Crippen LogP contribution in [-0.2, 0) is 16.4 Å². The molecule has 1 aromatic heterocycles. The van der Waals surface area contributed by atoms with E-state index in [9.17, 15) is 13.2 Å². The number of rotatable bonds is 7. The van der Waals surface area contributed by atoms with Gasteiger partial charge in [0, 0.05) is 13.0 Å². The molecule has 2 rings (SSSR count). The van der Waals surface area contributed by atoms with Crippen molar-refractivity contribution in [2.45, 2.75) is 26.2 Å². The van der Waals surface area contributed by atoms with E-state index in [1.807, 2.05) is 13.0 Å². The molecule has 0 fully saturated rings. The van der Waals surface area contributed by atoms with Gasteiger partial charge in [0.1, 0.15) is 5.82 Å². The first kappa shape index (κ1) is 15.7. The quantitative estimate of drug-likeness (QED) is 0.803. The van der Waals surface area contributed by atoms with Crippen LogP contribution in [0.2, 0.25) is 0 Å². The second-order valence-corrected chi connectivity index (χ2v) is 6.77. The van der Waals surface area contributed by atoms with Crippen LogP contribution in [0, 0.1) is 0 Å². The van der Waals surface area contributed by atoms with Crippen molar-refractivity contribution in [1.82, 2.24) is 14.7 Å². The largest absolute Gasteiger partial charge is 0.310 e. The van der Waals surface area contributed by atoms with Crippen molar-refractivity contribution >= 4 is 20.9 Å². The van der Waals surface area contributed by atoms with Gasteiger partial charge in [0.15, 0.2) is 0 Å². The molecule has 0 bridgehead atoms. The number of unbranched alkanes of at least 4 members (excludes halogenated alkanes) is 1. The number of aromatic amines is 1. The van der Waals surface area contributed by atoms with E-state index in [1.165, 1.54) is 0 Å². The molecule has 0 saturated carbocycles. The molecule has 7 heteroatoms. The van der Waals surface area contributed by atoms with E-state index in [-0.39, 0.29) is 17.9 Å². The van der Waals surface area contributed by atoms with Crippen molar-refractivity contribution in [2.24, 2.45) is 0 Å². The first-order valence-electron chi connectivity index (χ1n) is 6.97. The maximum atomic E-state index is 11.9. The Hall–Kier alpha value is -1.73. The summed E-state index contributed by atoms with van der Waals surface area (Å²) >= 11 is 0. The van der Waals surface area contributed by atoms with Gasteiger partial charge in [0.05, 0.1) is 16.7 Å². The molecule has 0 amide bonds. The zero-order valence-electron chi connectivity index (χ0n) is 11.9. The molecule has 0 aliphatic carbocycles. The predicted molar refractivity (Wildman–Crippen MR) is 82.8 cm³/mol. The molecule has 6 nitrogen and oxygen atoms in total. The molecule has 0 unspecified atom stereocenters. The second-order valence-electron chi connectivity index (χ2n) is 4.85. The highest BCUT2D eigenvalue weighted by molar-refractivity contribution is 7.89. The zero-order valence-corrected chi connectivity index (χ0v) is 12.7. The van der Waals surface area contributed by atoms with E-state index in [2.05, 4.69) is 14.7 Å². The molecule has 2 aromatic rings. The topological polar surface area (TPSA) is 91.9 Å². The maximum Gasteiger partial charge on any atom is 0.258 e. The van der Waals surface area contributed by atoms with Crippen molar-refractivity contribution in [3.05, 3.63) is 40.4 Å². The van der Waals surface area contributed by atoms with Gasteiger partial charge in [-0.1, -0.05) is 25.5 Å². The maximum absolute atomic E-state index is 11.9. The summed E-state index contributed by atoms with van der Waals surface area (Å²) in [5, 5.41) is 0.532. The van der Waals surface area contributed by atoms with Crippen LogP contribution < -0.4 is 10.3 Å². The number of fused-ring (bicyclic) bond motifs is 1. The minimum Gasteiger partial charge on any atom is -0.310 e. The average molecular weight is 309 g/mol. The molecule has 21 heavy (non-hydrogen) atoms. The molecule has 0 saturated heterocycles. The third kappa shape index (κ3) is 4.37. The summed E-state index contributed by atoms with van der Waals surface area (Å²) < 4.78 is 25.8. The van der Waals surface area contributed by atoms with Gasteiger partial charge in [-0.15, -0.1) is 0 Å². The fourth-order valence-electron chi connectivity index (χ4n) is 1.98. The average Bonchev–Trinajstić information content (AvgIpc) is 2.45. The number of para-hydroxylation sites is 1. The molecule has 0 atom stereocenters. The lowest BCUT2D eigenvalue weighted by Crippen LogP contribution is -2.29. The second kappa shape index (κ2) is 6.82. The summed E-state index contributed by atoms with van der Waals surface area (Å²) in [7, 11) is -3.24. The van der Waals surface area contributed by atoms with Gasteiger partial charge in [-0.3, -0.25) is 4.79 Å². The minimum atomic E-state index is -3.24. The molecule has 0 radical (unpaired) electrons. The first-order valence-corrected chi connectivity index (χ1v) is 8.62. The Kier molecular flexibility index (Phi) is 5.08. The van der Waals surface area contributed by atoms with E-state index in [4.69, 9.17) is 0 Å². The third-order valence-electron chi connectivity index (χ3n) is 3.11. The fourth-order valence-corrected chi connectivity index (χ4v) is 3.21. The highest BCUT2D eigenvalue weighted by atomic mass is 32.2. The van der Waals surface area contributed by atoms with Gasteiger partial charge in [0.2, 0.25) is 10.0 Å². The lowest BCUT2D eigenvalue weighted by molar-refractivity contribution is 0.577. The number of nitrogens with one attached hydrogen (secondary N) is 2. The number of H-pyrrole nitrogens is 1. The van der Waals surface area contributed by atoms with Crippen LogP contribution in [-0.4, -0.2) is 30.7 Å². The van der Waals surface area contributed by atoms with E-state index in [1.54, 1.807) is 18.2 Å². The van der Waals surface area contributed by atoms with Gasteiger partial charge >= 0.3 is 0 Å². The molecule has 2 N–H and O–H groups in total. The van der Waals surface area contributed by atoms with E-state index in [0.717, 1.165) is 6.42 Å². The SMILES string of the molecule is CCCCS(=O)(=O)NCCc1nc2ccccc2c(=O)[nH]1. The van der Waals surface area contributed by atoms with Crippen molar-refractivity contribution in [2.75, 3.05) is 12.3 Å². The smallest absolute Gasteiger partial charge is 0.258 e. The number of benzene rings is 1. The number of aromatic nitrogens is 2. The van der Waals surface area contributed by atoms with Gasteiger partial charge in [-0.25, -0.2) is 18.1 Å². The summed E-state index contributed by atoms with van der Waals surface area (Å²) in [6.07, 6.45) is 1.83. The highest BCUT2D eigenvalue weighted by Gasteiger charge is 2.09. The number of sulfonamides is 1. The summed E-state index contributed by atoms with van der Waals surface area (Å²) in [6.45, 7) is 2.17. The van der Waals surface area contributed by atoms with Crippen LogP contribution >= 0.6 is 0 Å². The van der Waals surface area contributed by atoms with E-state index in [0.29, 0.717) is 29.6 Å². The molecule has 0 spiro atoms. The molecular weight excluding hydrogens is 290 g/mol. The molecule has 1 heterocycles. The van der Waals surface area contributed by atoms with Crippen LogP contribution in [0.1, 0.15) is 25.6 Å². The van der Waals surface area contributed by atoms with Crippen LogP contribution in [0.4, 0.5) is 0 Å². The first-order chi connectivity index (χ1) is 10.0. The van der Waals surface area contributed by atoms with Gasteiger partial charge in [0.25, 0.3) is 5.56 Å². The lowest BCUT2D eigenvalue weighted by Gasteiger charge is -2.06. The Morgan fingerprint density at radius 1 is 1.29 bits per heavy atom. The Bertz CT molecular complexity index is 768. The Labute approximate surface area is 123 Å². The van der Waals surface area contributed by atoms with Gasteiger partial charge < -0.3 is 4.98 Å². The summed E-state index contributed by atoms with van der Waals surface area (Å²) in [5.41, 5.74) is 0.412.